The summed E-state index contributed by atoms with van der Waals surface area (Å²) in [6.45, 7) is 5.87. The fraction of sp³-hybridized carbons (Fsp3) is 1.00. The Morgan fingerprint density at radius 3 is 2.19 bits per heavy atom. The molecular formula is C15H27F4NO. The van der Waals surface area contributed by atoms with Crippen LogP contribution in [0, 0.1) is 17.8 Å². The summed E-state index contributed by atoms with van der Waals surface area (Å²) in [5.41, 5.74) is 0. The zero-order valence-corrected chi connectivity index (χ0v) is 13.0. The SMILES string of the molecule is CCNC(COCC(F)(F)C(F)F)C1CC(C)CC(C)C1. The molecule has 0 saturated heterocycles. The van der Waals surface area contributed by atoms with Gasteiger partial charge in [-0.2, -0.15) is 8.78 Å². The van der Waals surface area contributed by atoms with Crippen molar-refractivity contribution in [2.75, 3.05) is 19.8 Å². The molecule has 0 radical (unpaired) electrons. The van der Waals surface area contributed by atoms with Crippen molar-refractivity contribution < 1.29 is 22.3 Å². The van der Waals surface area contributed by atoms with E-state index in [9.17, 15) is 17.6 Å². The van der Waals surface area contributed by atoms with E-state index >= 15 is 0 Å². The van der Waals surface area contributed by atoms with Crippen LogP contribution in [0.25, 0.3) is 0 Å². The Morgan fingerprint density at radius 1 is 1.14 bits per heavy atom. The number of ether oxygens (including phenoxy) is 1. The van der Waals surface area contributed by atoms with E-state index in [1.807, 2.05) is 6.92 Å². The third kappa shape index (κ3) is 6.10. The van der Waals surface area contributed by atoms with Gasteiger partial charge in [-0.15, -0.1) is 0 Å². The summed E-state index contributed by atoms with van der Waals surface area (Å²) in [6.07, 6.45) is -0.447. The minimum Gasteiger partial charge on any atom is -0.373 e. The Morgan fingerprint density at radius 2 is 1.71 bits per heavy atom. The second-order valence-electron chi connectivity index (χ2n) is 6.42. The molecule has 0 heterocycles. The van der Waals surface area contributed by atoms with E-state index < -0.39 is 19.0 Å². The highest BCUT2D eigenvalue weighted by Gasteiger charge is 2.41. The van der Waals surface area contributed by atoms with Crippen molar-refractivity contribution in [3.63, 3.8) is 0 Å². The number of likely N-dealkylation sites (N-methyl/N-ethyl adjacent to an activating group) is 1. The van der Waals surface area contributed by atoms with Gasteiger partial charge >= 0.3 is 12.3 Å². The smallest absolute Gasteiger partial charge is 0.330 e. The number of hydrogen-bond donors (Lipinski definition) is 1. The van der Waals surface area contributed by atoms with Crippen LogP contribution in [-0.2, 0) is 4.74 Å². The van der Waals surface area contributed by atoms with E-state index in [-0.39, 0.29) is 12.6 Å². The van der Waals surface area contributed by atoms with E-state index in [1.54, 1.807) is 0 Å². The van der Waals surface area contributed by atoms with Gasteiger partial charge in [-0.05, 0) is 43.6 Å². The number of rotatable bonds is 8. The first-order chi connectivity index (χ1) is 9.76. The lowest BCUT2D eigenvalue weighted by Crippen LogP contribution is -2.44. The normalized spacial score (nSPS) is 28.9. The van der Waals surface area contributed by atoms with Crippen LogP contribution in [-0.4, -0.2) is 38.1 Å². The highest BCUT2D eigenvalue weighted by Crippen LogP contribution is 2.35. The van der Waals surface area contributed by atoms with Crippen LogP contribution in [0.15, 0.2) is 0 Å². The van der Waals surface area contributed by atoms with E-state index in [4.69, 9.17) is 4.74 Å². The summed E-state index contributed by atoms with van der Waals surface area (Å²) >= 11 is 0. The van der Waals surface area contributed by atoms with Gasteiger partial charge in [-0.25, -0.2) is 8.78 Å². The summed E-state index contributed by atoms with van der Waals surface area (Å²) in [6, 6.07) is -0.0475. The molecule has 0 aliphatic heterocycles. The summed E-state index contributed by atoms with van der Waals surface area (Å²) in [5, 5.41) is 3.25. The molecule has 0 aromatic carbocycles. The highest BCUT2D eigenvalue weighted by atomic mass is 19.3. The molecule has 1 aliphatic rings. The first kappa shape index (κ1) is 18.7. The number of nitrogens with one attached hydrogen (secondary N) is 1. The fourth-order valence-corrected chi connectivity index (χ4v) is 3.35. The minimum absolute atomic E-state index is 0.0475. The third-order valence-electron chi connectivity index (χ3n) is 4.16. The molecule has 0 aromatic rings. The standard InChI is InChI=1S/C15H27F4NO/c1-4-20-13(8-21-9-15(18,19)14(16)17)12-6-10(2)5-11(3)7-12/h10-14,20H,4-9H2,1-3H3. The Labute approximate surface area is 124 Å². The summed E-state index contributed by atoms with van der Waals surface area (Å²) in [4.78, 5) is 0. The van der Waals surface area contributed by atoms with Gasteiger partial charge in [-0.3, -0.25) is 0 Å². The van der Waals surface area contributed by atoms with Gasteiger partial charge in [0.15, 0.2) is 0 Å². The zero-order valence-electron chi connectivity index (χ0n) is 13.0. The second-order valence-corrected chi connectivity index (χ2v) is 6.42. The van der Waals surface area contributed by atoms with E-state index in [0.717, 1.165) is 12.8 Å². The molecule has 21 heavy (non-hydrogen) atoms. The van der Waals surface area contributed by atoms with Gasteiger partial charge < -0.3 is 10.1 Å². The van der Waals surface area contributed by atoms with Crippen molar-refractivity contribution in [3.8, 4) is 0 Å². The van der Waals surface area contributed by atoms with Gasteiger partial charge in [0.1, 0.15) is 6.61 Å². The van der Waals surface area contributed by atoms with Gasteiger partial charge in [0.25, 0.3) is 0 Å². The molecule has 3 unspecified atom stereocenters. The van der Waals surface area contributed by atoms with Crippen molar-refractivity contribution >= 4 is 0 Å². The Bertz CT molecular complexity index is 291. The fourth-order valence-electron chi connectivity index (χ4n) is 3.35. The first-order valence-corrected chi connectivity index (χ1v) is 7.73. The van der Waals surface area contributed by atoms with Gasteiger partial charge in [0, 0.05) is 6.04 Å². The van der Waals surface area contributed by atoms with Crippen LogP contribution in [0.3, 0.4) is 0 Å². The maximum atomic E-state index is 12.9. The van der Waals surface area contributed by atoms with Crippen molar-refractivity contribution in [1.82, 2.24) is 5.32 Å². The second kappa shape index (κ2) is 8.32. The van der Waals surface area contributed by atoms with Crippen molar-refractivity contribution in [2.45, 2.75) is 58.4 Å². The average molecular weight is 313 g/mol. The van der Waals surface area contributed by atoms with E-state index in [1.165, 1.54) is 6.42 Å². The Kier molecular flexibility index (Phi) is 7.40. The monoisotopic (exact) mass is 313 g/mol. The van der Waals surface area contributed by atoms with Crippen molar-refractivity contribution in [3.05, 3.63) is 0 Å². The summed E-state index contributed by atoms with van der Waals surface area (Å²) in [7, 11) is 0. The maximum Gasteiger partial charge on any atom is 0.330 e. The maximum absolute atomic E-state index is 12.9. The molecule has 3 atom stereocenters. The van der Waals surface area contributed by atoms with Crippen LogP contribution in [0.2, 0.25) is 0 Å². The van der Waals surface area contributed by atoms with Gasteiger partial charge in [0.05, 0.1) is 6.61 Å². The number of alkyl halides is 4. The van der Waals surface area contributed by atoms with Gasteiger partial charge in [0.2, 0.25) is 0 Å². The van der Waals surface area contributed by atoms with Crippen LogP contribution in [0.4, 0.5) is 17.6 Å². The molecule has 1 saturated carbocycles. The Hall–Kier alpha value is -0.360. The number of hydrogen-bond acceptors (Lipinski definition) is 2. The lowest BCUT2D eigenvalue weighted by Gasteiger charge is -2.37. The third-order valence-corrected chi connectivity index (χ3v) is 4.16. The Balaban J connectivity index is 2.49. The lowest BCUT2D eigenvalue weighted by atomic mass is 9.74. The average Bonchev–Trinajstić information content (AvgIpc) is 2.36. The molecule has 126 valence electrons. The summed E-state index contributed by atoms with van der Waals surface area (Å²) in [5.74, 6) is -2.52. The zero-order chi connectivity index (χ0) is 16.0. The quantitative estimate of drug-likeness (QED) is 0.685. The first-order valence-electron chi connectivity index (χ1n) is 7.73. The molecule has 6 heteroatoms. The molecule has 0 spiro atoms. The molecule has 0 amide bonds. The molecule has 1 aliphatic carbocycles. The number of halogens is 4. The van der Waals surface area contributed by atoms with Gasteiger partial charge in [-0.1, -0.05) is 20.8 Å². The molecule has 0 bridgehead atoms. The highest BCUT2D eigenvalue weighted by molar-refractivity contribution is 4.84. The minimum atomic E-state index is -4.07. The molecule has 1 N–H and O–H groups in total. The van der Waals surface area contributed by atoms with Crippen molar-refractivity contribution in [2.24, 2.45) is 17.8 Å². The molecular weight excluding hydrogens is 286 g/mol. The predicted octanol–water partition coefficient (Wildman–Crippen LogP) is 3.95. The van der Waals surface area contributed by atoms with Crippen LogP contribution in [0.1, 0.15) is 40.0 Å². The molecule has 2 nitrogen and oxygen atoms in total. The summed E-state index contributed by atoms with van der Waals surface area (Å²) < 4.78 is 54.8. The van der Waals surface area contributed by atoms with E-state index in [2.05, 4.69) is 19.2 Å². The topological polar surface area (TPSA) is 21.3 Å². The van der Waals surface area contributed by atoms with E-state index in [0.29, 0.717) is 24.3 Å². The largest absolute Gasteiger partial charge is 0.373 e. The molecule has 1 fully saturated rings. The van der Waals surface area contributed by atoms with Crippen LogP contribution in [0.5, 0.6) is 0 Å². The molecule has 1 rings (SSSR count). The lowest BCUT2D eigenvalue weighted by molar-refractivity contribution is -0.168. The van der Waals surface area contributed by atoms with Crippen LogP contribution >= 0.6 is 0 Å². The van der Waals surface area contributed by atoms with Crippen molar-refractivity contribution in [1.29, 1.82) is 0 Å². The molecule has 0 aromatic heterocycles. The van der Waals surface area contributed by atoms with Crippen LogP contribution < -0.4 is 5.32 Å². The predicted molar refractivity (Wildman–Crippen MR) is 74.9 cm³/mol.